The van der Waals surface area contributed by atoms with Crippen molar-refractivity contribution >= 4 is 6.29 Å². The van der Waals surface area contributed by atoms with Gasteiger partial charge in [-0.05, 0) is 143 Å². The summed E-state index contributed by atoms with van der Waals surface area (Å²) < 4.78 is 0. The molecule has 3 fully saturated rings. The molecule has 4 rings (SSSR count). The monoisotopic (exact) mass is 524 g/mol. The largest absolute Gasteiger partial charge is 0.393 e. The van der Waals surface area contributed by atoms with Crippen molar-refractivity contribution < 1.29 is 15.0 Å². The van der Waals surface area contributed by atoms with Gasteiger partial charge in [0.25, 0.3) is 0 Å². The van der Waals surface area contributed by atoms with Gasteiger partial charge in [0.1, 0.15) is 6.29 Å². The molecule has 214 valence electrons. The standard InChI is InChI=1S/C31H50O.C4H6O2/c1-3-5-6-7-23-8-21-31(24(4-2)22-23)29-15-13-27(14-16-29)25-9-11-26(12-10-25)28-17-19-30(32)20-18-28;1-4(2-5)3-6/h8,21-22,25-30,32H,3-7,9-20H2,1-2H3;2,6H,1,3H2. The Kier molecular flexibility index (Phi) is 13.6. The molecule has 0 aliphatic heterocycles. The number of rotatable bonds is 10. The number of unbranched alkanes of at least 4 members (excludes halogenated alkanes) is 2. The second kappa shape index (κ2) is 16.6. The third-order valence-electron chi connectivity index (χ3n) is 10.1. The number of aliphatic hydroxyl groups is 2. The lowest BCUT2D eigenvalue weighted by Crippen LogP contribution is -2.30. The molecule has 3 nitrogen and oxygen atoms in total. The van der Waals surface area contributed by atoms with Crippen molar-refractivity contribution in [3.8, 4) is 0 Å². The summed E-state index contributed by atoms with van der Waals surface area (Å²) in [4.78, 5) is 9.48. The average Bonchev–Trinajstić information content (AvgIpc) is 2.97. The maximum atomic E-state index is 9.83. The Labute approximate surface area is 233 Å². The summed E-state index contributed by atoms with van der Waals surface area (Å²) in [5, 5.41) is 17.8. The van der Waals surface area contributed by atoms with E-state index in [0.29, 0.717) is 6.29 Å². The van der Waals surface area contributed by atoms with Gasteiger partial charge in [-0.25, -0.2) is 0 Å². The highest BCUT2D eigenvalue weighted by atomic mass is 16.3. The van der Waals surface area contributed by atoms with Gasteiger partial charge in [-0.3, -0.25) is 4.79 Å². The smallest absolute Gasteiger partial charge is 0.147 e. The van der Waals surface area contributed by atoms with Crippen LogP contribution in [-0.4, -0.2) is 29.2 Å². The molecule has 0 saturated heterocycles. The average molecular weight is 525 g/mol. The number of aliphatic hydroxyl groups excluding tert-OH is 2. The van der Waals surface area contributed by atoms with Crippen LogP contribution in [0.4, 0.5) is 0 Å². The van der Waals surface area contributed by atoms with Crippen molar-refractivity contribution in [1.29, 1.82) is 0 Å². The van der Waals surface area contributed by atoms with E-state index in [2.05, 4.69) is 38.6 Å². The van der Waals surface area contributed by atoms with E-state index in [1.165, 1.54) is 96.3 Å². The highest BCUT2D eigenvalue weighted by molar-refractivity contribution is 5.72. The van der Waals surface area contributed by atoms with Gasteiger partial charge in [-0.2, -0.15) is 0 Å². The molecule has 3 aliphatic rings. The molecular formula is C35H56O3. The van der Waals surface area contributed by atoms with Crippen LogP contribution in [0.3, 0.4) is 0 Å². The maximum Gasteiger partial charge on any atom is 0.147 e. The Morgan fingerprint density at radius 2 is 1.37 bits per heavy atom. The lowest BCUT2D eigenvalue weighted by Gasteiger charge is -2.41. The molecule has 3 aliphatic carbocycles. The number of benzene rings is 1. The number of aryl methyl sites for hydroxylation is 2. The number of carbonyl (C=O) groups is 1. The summed E-state index contributed by atoms with van der Waals surface area (Å²) in [6, 6.07) is 7.50. The van der Waals surface area contributed by atoms with E-state index in [9.17, 15) is 9.90 Å². The molecule has 1 aromatic rings. The van der Waals surface area contributed by atoms with Crippen LogP contribution in [0.2, 0.25) is 0 Å². The molecule has 0 heterocycles. The van der Waals surface area contributed by atoms with Gasteiger partial charge in [-0.15, -0.1) is 0 Å². The predicted octanol–water partition coefficient (Wildman–Crippen LogP) is 8.35. The highest BCUT2D eigenvalue weighted by Crippen LogP contribution is 2.47. The fourth-order valence-corrected chi connectivity index (χ4v) is 7.70. The molecule has 3 saturated carbocycles. The fourth-order valence-electron chi connectivity index (χ4n) is 7.70. The zero-order valence-electron chi connectivity index (χ0n) is 24.5. The van der Waals surface area contributed by atoms with Crippen LogP contribution in [0.25, 0.3) is 0 Å². The molecule has 0 spiro atoms. The Morgan fingerprint density at radius 3 is 1.82 bits per heavy atom. The van der Waals surface area contributed by atoms with Crippen LogP contribution in [0, 0.1) is 23.7 Å². The summed E-state index contributed by atoms with van der Waals surface area (Å²) in [6.07, 6.45) is 23.4. The van der Waals surface area contributed by atoms with E-state index < -0.39 is 0 Å². The van der Waals surface area contributed by atoms with Crippen molar-refractivity contribution in [3.05, 3.63) is 47.0 Å². The van der Waals surface area contributed by atoms with Crippen molar-refractivity contribution in [2.75, 3.05) is 6.61 Å². The Morgan fingerprint density at radius 1 is 0.842 bits per heavy atom. The number of hydrogen-bond donors (Lipinski definition) is 2. The first-order valence-corrected chi connectivity index (χ1v) is 16.0. The molecule has 0 aromatic heterocycles. The highest BCUT2D eigenvalue weighted by Gasteiger charge is 2.34. The molecule has 1 aromatic carbocycles. The number of hydrogen-bond acceptors (Lipinski definition) is 3. The normalized spacial score (nSPS) is 29.7. The molecule has 0 radical (unpaired) electrons. The minimum atomic E-state index is -0.233. The summed E-state index contributed by atoms with van der Waals surface area (Å²) in [6.45, 7) is 7.59. The number of aldehydes is 1. The van der Waals surface area contributed by atoms with Crippen LogP contribution in [0.15, 0.2) is 30.4 Å². The van der Waals surface area contributed by atoms with E-state index in [-0.39, 0.29) is 18.3 Å². The van der Waals surface area contributed by atoms with E-state index in [1.807, 2.05) is 0 Å². The van der Waals surface area contributed by atoms with Gasteiger partial charge in [-0.1, -0.05) is 51.5 Å². The summed E-state index contributed by atoms with van der Waals surface area (Å²) in [5.41, 5.74) is 5.11. The second-order valence-corrected chi connectivity index (χ2v) is 12.6. The first-order chi connectivity index (χ1) is 18.5. The van der Waals surface area contributed by atoms with Crippen LogP contribution in [0.5, 0.6) is 0 Å². The molecular weight excluding hydrogens is 468 g/mol. The van der Waals surface area contributed by atoms with Gasteiger partial charge >= 0.3 is 0 Å². The minimum absolute atomic E-state index is 0.00302. The van der Waals surface area contributed by atoms with Gasteiger partial charge in [0.15, 0.2) is 0 Å². The molecule has 2 N–H and O–H groups in total. The zero-order chi connectivity index (χ0) is 27.3. The van der Waals surface area contributed by atoms with E-state index >= 15 is 0 Å². The first kappa shape index (κ1) is 31.1. The van der Waals surface area contributed by atoms with E-state index in [0.717, 1.165) is 42.4 Å². The van der Waals surface area contributed by atoms with Gasteiger partial charge in [0.2, 0.25) is 0 Å². The summed E-state index contributed by atoms with van der Waals surface area (Å²) in [5.74, 6) is 4.72. The predicted molar refractivity (Wildman–Crippen MR) is 159 cm³/mol. The maximum absolute atomic E-state index is 9.83. The fraction of sp³-hybridized carbons (Fsp3) is 0.743. The van der Waals surface area contributed by atoms with E-state index in [1.54, 1.807) is 16.7 Å². The Bertz CT molecular complexity index is 822. The Balaban J connectivity index is 0.000000599. The van der Waals surface area contributed by atoms with Gasteiger partial charge in [0, 0.05) is 5.57 Å². The lowest BCUT2D eigenvalue weighted by molar-refractivity contribution is -0.105. The first-order valence-electron chi connectivity index (χ1n) is 16.0. The van der Waals surface area contributed by atoms with Crippen LogP contribution >= 0.6 is 0 Å². The summed E-state index contributed by atoms with van der Waals surface area (Å²) >= 11 is 0. The second-order valence-electron chi connectivity index (χ2n) is 12.6. The lowest BCUT2D eigenvalue weighted by atomic mass is 9.65. The molecule has 0 bridgehead atoms. The molecule has 0 unspecified atom stereocenters. The van der Waals surface area contributed by atoms with E-state index in [4.69, 9.17) is 5.11 Å². The Hall–Kier alpha value is -1.45. The van der Waals surface area contributed by atoms with Gasteiger partial charge < -0.3 is 10.2 Å². The van der Waals surface area contributed by atoms with Crippen LogP contribution in [-0.2, 0) is 17.6 Å². The van der Waals surface area contributed by atoms with Crippen molar-refractivity contribution in [2.24, 2.45) is 23.7 Å². The quantitative estimate of drug-likeness (QED) is 0.184. The third kappa shape index (κ3) is 9.33. The van der Waals surface area contributed by atoms with Crippen molar-refractivity contribution in [2.45, 2.75) is 135 Å². The van der Waals surface area contributed by atoms with Crippen molar-refractivity contribution in [3.63, 3.8) is 0 Å². The number of carbonyl (C=O) groups excluding carboxylic acids is 1. The molecule has 0 amide bonds. The van der Waals surface area contributed by atoms with Crippen molar-refractivity contribution in [1.82, 2.24) is 0 Å². The molecule has 3 heteroatoms. The zero-order valence-corrected chi connectivity index (χ0v) is 24.5. The SMILES string of the molecule is C=C(C=O)CO.CCCCCc1ccc(C2CCC(C3CCC(C4CCC(O)CC4)CC3)CC2)c(CC)c1. The minimum Gasteiger partial charge on any atom is -0.393 e. The van der Waals surface area contributed by atoms with Gasteiger partial charge in [0.05, 0.1) is 12.7 Å². The van der Waals surface area contributed by atoms with Crippen LogP contribution < -0.4 is 0 Å². The van der Waals surface area contributed by atoms with Crippen LogP contribution in [0.1, 0.15) is 133 Å². The topological polar surface area (TPSA) is 57.5 Å². The summed E-state index contributed by atoms with van der Waals surface area (Å²) in [7, 11) is 0. The molecule has 38 heavy (non-hydrogen) atoms. The third-order valence-corrected chi connectivity index (χ3v) is 10.1. The molecule has 0 atom stereocenters.